The van der Waals surface area contributed by atoms with Gasteiger partial charge < -0.3 is 14.2 Å². The molecule has 0 radical (unpaired) electrons. The zero-order valence-electron chi connectivity index (χ0n) is 21.8. The Morgan fingerprint density at radius 2 is 1.02 bits per heavy atom. The maximum absolute atomic E-state index is 2.55. The lowest BCUT2D eigenvalue weighted by Gasteiger charge is -2.36. The van der Waals surface area contributed by atoms with Gasteiger partial charge in [-0.1, -0.05) is 91.0 Å². The third-order valence-corrected chi connectivity index (χ3v) is 8.52. The number of para-hydroxylation sites is 5. The molecule has 2 aliphatic rings. The van der Waals surface area contributed by atoms with Gasteiger partial charge in [-0.3, -0.25) is 0 Å². The topological polar surface area (TPSA) is 11.4 Å². The minimum Gasteiger partial charge on any atom is -0.360 e. The minimum atomic E-state index is 0.0309. The van der Waals surface area contributed by atoms with Crippen LogP contribution in [0.2, 0.25) is 0 Å². The average Bonchev–Trinajstić information content (AvgIpc) is 3.54. The minimum absolute atomic E-state index is 0.0309. The molecule has 4 heteroatoms. The lowest BCUT2D eigenvalue weighted by atomic mass is 9.59. The quantitative estimate of drug-likeness (QED) is 0.217. The fraction of sp³-hybridized carbons (Fsp3) is 0. The molecule has 40 heavy (non-hydrogen) atoms. The summed E-state index contributed by atoms with van der Waals surface area (Å²) in [6.07, 6.45) is 0. The molecule has 2 aliphatic heterocycles. The van der Waals surface area contributed by atoms with Crippen LogP contribution in [-0.4, -0.2) is 11.5 Å². The highest BCUT2D eigenvalue weighted by Crippen LogP contribution is 2.52. The Labute approximate surface area is 233 Å². The SMILES string of the molecule is c1ccc(N2B3c4ccccc4-c4cc5c(cc4N3c3ccccc32)c2ccccc2n5-c2ccccc2)cc1. The van der Waals surface area contributed by atoms with Crippen LogP contribution in [0.1, 0.15) is 0 Å². The summed E-state index contributed by atoms with van der Waals surface area (Å²) < 4.78 is 2.41. The van der Waals surface area contributed by atoms with Crippen molar-refractivity contribution in [3.8, 4) is 16.8 Å². The number of nitrogens with zero attached hydrogens (tertiary/aromatic N) is 3. The summed E-state index contributed by atoms with van der Waals surface area (Å²) in [5, 5.41) is 2.54. The van der Waals surface area contributed by atoms with E-state index in [0.29, 0.717) is 0 Å². The van der Waals surface area contributed by atoms with Gasteiger partial charge in [0.15, 0.2) is 0 Å². The summed E-state index contributed by atoms with van der Waals surface area (Å²) in [6.45, 7) is 0.0309. The number of hydrogen-bond acceptors (Lipinski definition) is 2. The van der Waals surface area contributed by atoms with Crippen molar-refractivity contribution >= 4 is 57.0 Å². The van der Waals surface area contributed by atoms with Gasteiger partial charge in [-0.05, 0) is 65.6 Å². The van der Waals surface area contributed by atoms with Crippen LogP contribution in [0.4, 0.5) is 22.7 Å². The van der Waals surface area contributed by atoms with E-state index < -0.39 is 0 Å². The van der Waals surface area contributed by atoms with Crippen LogP contribution in [0.25, 0.3) is 38.6 Å². The third kappa shape index (κ3) is 2.85. The maximum atomic E-state index is 2.55. The van der Waals surface area contributed by atoms with E-state index in [1.54, 1.807) is 0 Å². The first-order chi connectivity index (χ1) is 19.9. The van der Waals surface area contributed by atoms with Gasteiger partial charge in [-0.2, -0.15) is 0 Å². The Kier molecular flexibility index (Phi) is 4.41. The molecule has 3 nitrogen and oxygen atoms in total. The number of fused-ring (bicyclic) bond motifs is 11. The predicted molar refractivity (Wildman–Crippen MR) is 169 cm³/mol. The first kappa shape index (κ1) is 21.7. The van der Waals surface area contributed by atoms with Crippen LogP contribution in [0.15, 0.2) is 146 Å². The molecule has 7 aromatic rings. The molecule has 186 valence electrons. The summed E-state index contributed by atoms with van der Waals surface area (Å²) in [5.41, 5.74) is 12.4. The molecule has 0 saturated carbocycles. The van der Waals surface area contributed by atoms with Crippen molar-refractivity contribution in [3.63, 3.8) is 0 Å². The first-order valence-electron chi connectivity index (χ1n) is 13.8. The number of aromatic nitrogens is 1. The lowest BCUT2D eigenvalue weighted by Crippen LogP contribution is -2.55. The second-order valence-electron chi connectivity index (χ2n) is 10.6. The van der Waals surface area contributed by atoms with Gasteiger partial charge in [-0.25, -0.2) is 0 Å². The van der Waals surface area contributed by atoms with Gasteiger partial charge in [0.25, 0.3) is 0 Å². The van der Waals surface area contributed by atoms with Crippen molar-refractivity contribution in [1.29, 1.82) is 0 Å². The largest absolute Gasteiger partial charge is 0.421 e. The highest BCUT2D eigenvalue weighted by atomic mass is 15.3. The van der Waals surface area contributed by atoms with Crippen molar-refractivity contribution in [2.24, 2.45) is 0 Å². The Bertz CT molecular complexity index is 2080. The van der Waals surface area contributed by atoms with Crippen LogP contribution < -0.4 is 15.1 Å². The smallest absolute Gasteiger partial charge is 0.360 e. The van der Waals surface area contributed by atoms with E-state index in [0.717, 1.165) is 0 Å². The first-order valence-corrected chi connectivity index (χ1v) is 13.8. The van der Waals surface area contributed by atoms with Crippen molar-refractivity contribution in [2.75, 3.05) is 9.62 Å². The second kappa shape index (κ2) is 8.14. The van der Waals surface area contributed by atoms with Crippen LogP contribution in [-0.2, 0) is 0 Å². The molecule has 0 aliphatic carbocycles. The molecule has 0 saturated heterocycles. The van der Waals surface area contributed by atoms with E-state index in [-0.39, 0.29) is 6.98 Å². The molecule has 0 bridgehead atoms. The maximum Gasteiger partial charge on any atom is 0.421 e. The van der Waals surface area contributed by atoms with E-state index in [4.69, 9.17) is 0 Å². The van der Waals surface area contributed by atoms with Crippen molar-refractivity contribution in [2.45, 2.75) is 0 Å². The summed E-state index contributed by atoms with van der Waals surface area (Å²) in [4.78, 5) is 5.04. The van der Waals surface area contributed by atoms with Gasteiger partial charge in [0.1, 0.15) is 0 Å². The summed E-state index contributed by atoms with van der Waals surface area (Å²) in [7, 11) is 0. The Morgan fingerprint density at radius 3 is 1.82 bits per heavy atom. The highest BCUT2D eigenvalue weighted by molar-refractivity contribution is 6.86. The molecule has 0 atom stereocenters. The summed E-state index contributed by atoms with van der Waals surface area (Å²) in [6, 6.07) is 52.9. The van der Waals surface area contributed by atoms with E-state index in [2.05, 4.69) is 160 Å². The molecule has 6 aromatic carbocycles. The highest BCUT2D eigenvalue weighted by Gasteiger charge is 2.47. The Hall–Kier alpha value is -5.22. The average molecular weight is 509 g/mol. The van der Waals surface area contributed by atoms with Crippen molar-refractivity contribution < 1.29 is 0 Å². The summed E-state index contributed by atoms with van der Waals surface area (Å²) in [5.74, 6) is 0. The molecular formula is C36H24BN3. The molecule has 0 unspecified atom stereocenters. The van der Waals surface area contributed by atoms with Gasteiger partial charge in [0.05, 0.1) is 22.4 Å². The Morgan fingerprint density at radius 1 is 0.400 bits per heavy atom. The van der Waals surface area contributed by atoms with Crippen LogP contribution in [0.3, 0.4) is 0 Å². The molecule has 3 heterocycles. The molecule has 0 fully saturated rings. The lowest BCUT2D eigenvalue weighted by molar-refractivity contribution is 1.18. The zero-order chi connectivity index (χ0) is 26.2. The van der Waals surface area contributed by atoms with Crippen molar-refractivity contribution in [3.05, 3.63) is 146 Å². The third-order valence-electron chi connectivity index (χ3n) is 8.52. The van der Waals surface area contributed by atoms with Gasteiger partial charge in [-0.15, -0.1) is 0 Å². The fourth-order valence-electron chi connectivity index (χ4n) is 6.90. The Balaban J connectivity index is 1.40. The van der Waals surface area contributed by atoms with Gasteiger partial charge in [0, 0.05) is 33.4 Å². The molecule has 9 rings (SSSR count). The zero-order valence-corrected chi connectivity index (χ0v) is 21.8. The number of hydrogen-bond donors (Lipinski definition) is 0. The van der Waals surface area contributed by atoms with Crippen molar-refractivity contribution in [1.82, 2.24) is 4.57 Å². The van der Waals surface area contributed by atoms with Gasteiger partial charge >= 0.3 is 6.98 Å². The second-order valence-corrected chi connectivity index (χ2v) is 10.6. The normalized spacial score (nSPS) is 13.3. The van der Waals surface area contributed by atoms with E-state index in [1.165, 1.54) is 66.8 Å². The number of benzene rings is 6. The number of anilines is 4. The number of rotatable bonds is 2. The molecule has 0 amide bonds. The van der Waals surface area contributed by atoms with Crippen LogP contribution in [0.5, 0.6) is 0 Å². The van der Waals surface area contributed by atoms with Crippen LogP contribution >= 0.6 is 0 Å². The predicted octanol–water partition coefficient (Wildman–Crippen LogP) is 8.45. The molecule has 0 spiro atoms. The van der Waals surface area contributed by atoms with E-state index >= 15 is 0 Å². The van der Waals surface area contributed by atoms with Crippen LogP contribution in [0, 0.1) is 0 Å². The molecule has 0 N–H and O–H groups in total. The monoisotopic (exact) mass is 509 g/mol. The van der Waals surface area contributed by atoms with Gasteiger partial charge in [0.2, 0.25) is 0 Å². The molecule has 1 aromatic heterocycles. The van der Waals surface area contributed by atoms with E-state index in [9.17, 15) is 0 Å². The standard InChI is InChI=1S/C36H24BN3/c1-3-13-25(14-4-1)38-32-20-10-8-18-28(32)30-24-36-29(23-35(30)38)27-17-7-9-19-31(27)37-39(26-15-5-2-6-16-26)33-21-11-12-22-34(33)40(36)37/h1-24H. The fourth-order valence-corrected chi connectivity index (χ4v) is 6.90. The molecular weight excluding hydrogens is 485 g/mol. The summed E-state index contributed by atoms with van der Waals surface area (Å²) >= 11 is 0. The van der Waals surface area contributed by atoms with E-state index in [1.807, 2.05) is 0 Å².